The van der Waals surface area contributed by atoms with Crippen LogP contribution in [-0.2, 0) is 11.0 Å². The highest BCUT2D eigenvalue weighted by Gasteiger charge is 2.05. The minimum absolute atomic E-state index is 0.0669. The molecule has 1 rings (SSSR count). The van der Waals surface area contributed by atoms with Crippen LogP contribution in [0.25, 0.3) is 0 Å². The molecule has 1 atom stereocenters. The zero-order valence-electron chi connectivity index (χ0n) is 7.21. The number of anilines is 1. The molecular weight excluding hydrogens is 191 g/mol. The van der Waals surface area contributed by atoms with E-state index < -0.39 is 16.8 Å². The third kappa shape index (κ3) is 2.50. The summed E-state index contributed by atoms with van der Waals surface area (Å²) in [5, 5.41) is 0. The van der Waals surface area contributed by atoms with Gasteiger partial charge in [0.05, 0.1) is 10.6 Å². The zero-order chi connectivity index (χ0) is 9.84. The Morgan fingerprint density at radius 3 is 2.85 bits per heavy atom. The Labute approximate surface area is 78.7 Å². The van der Waals surface area contributed by atoms with Crippen molar-refractivity contribution in [2.45, 2.75) is 11.8 Å². The van der Waals surface area contributed by atoms with Crippen LogP contribution < -0.4 is 10.5 Å². The third-order valence-corrected chi connectivity index (χ3v) is 2.69. The molecule has 0 fully saturated rings. The molecule has 3 nitrogen and oxygen atoms in total. The van der Waals surface area contributed by atoms with Crippen molar-refractivity contribution < 1.29 is 8.60 Å². The number of hydrogen-bond donors (Lipinski definition) is 2. The molecule has 13 heavy (non-hydrogen) atoms. The lowest BCUT2D eigenvalue weighted by molar-refractivity contribution is 0.626. The Bertz CT molecular complexity index is 330. The van der Waals surface area contributed by atoms with Crippen molar-refractivity contribution in [3.05, 3.63) is 24.0 Å². The fourth-order valence-electron chi connectivity index (χ4n) is 0.838. The number of rotatable bonds is 3. The van der Waals surface area contributed by atoms with Crippen LogP contribution in [0.15, 0.2) is 23.1 Å². The molecule has 5 heteroatoms. The molecule has 0 heterocycles. The van der Waals surface area contributed by atoms with Gasteiger partial charge in [0.25, 0.3) is 0 Å². The summed E-state index contributed by atoms with van der Waals surface area (Å²) in [5.74, 6) is -0.538. The summed E-state index contributed by atoms with van der Waals surface area (Å²) in [4.78, 5) is 0.397. The molecule has 1 unspecified atom stereocenters. The van der Waals surface area contributed by atoms with Crippen molar-refractivity contribution in [1.82, 2.24) is 4.72 Å². The summed E-state index contributed by atoms with van der Waals surface area (Å²) in [5.41, 5.74) is 5.34. The lowest BCUT2D eigenvalue weighted by atomic mass is 10.3. The van der Waals surface area contributed by atoms with Crippen LogP contribution in [-0.4, -0.2) is 10.8 Å². The van der Waals surface area contributed by atoms with Crippen LogP contribution in [0.1, 0.15) is 6.92 Å². The highest BCUT2D eigenvalue weighted by Crippen LogP contribution is 2.13. The van der Waals surface area contributed by atoms with Gasteiger partial charge in [-0.3, -0.25) is 0 Å². The second kappa shape index (κ2) is 4.34. The average Bonchev–Trinajstić information content (AvgIpc) is 2.10. The monoisotopic (exact) mass is 202 g/mol. The second-order valence-electron chi connectivity index (χ2n) is 2.45. The van der Waals surface area contributed by atoms with Gasteiger partial charge < -0.3 is 5.73 Å². The zero-order valence-corrected chi connectivity index (χ0v) is 8.03. The first-order valence-electron chi connectivity index (χ1n) is 3.85. The minimum atomic E-state index is -1.35. The van der Waals surface area contributed by atoms with Gasteiger partial charge in [0.2, 0.25) is 0 Å². The smallest absolute Gasteiger partial charge is 0.147 e. The topological polar surface area (TPSA) is 55.1 Å². The van der Waals surface area contributed by atoms with Gasteiger partial charge in [-0.25, -0.2) is 13.3 Å². The van der Waals surface area contributed by atoms with Crippen molar-refractivity contribution in [2.24, 2.45) is 0 Å². The fraction of sp³-hybridized carbons (Fsp3) is 0.250. The highest BCUT2D eigenvalue weighted by molar-refractivity contribution is 7.83. The van der Waals surface area contributed by atoms with Gasteiger partial charge in [-0.05, 0) is 18.2 Å². The summed E-state index contributed by atoms with van der Waals surface area (Å²) in [7, 11) is -1.35. The number of nitrogens with one attached hydrogen (secondary N) is 1. The van der Waals surface area contributed by atoms with Crippen LogP contribution in [0, 0.1) is 5.82 Å². The molecule has 72 valence electrons. The van der Waals surface area contributed by atoms with Crippen LogP contribution in [0.5, 0.6) is 0 Å². The summed E-state index contributed by atoms with van der Waals surface area (Å²) in [6.07, 6.45) is 0. The first-order chi connectivity index (χ1) is 6.15. The van der Waals surface area contributed by atoms with Crippen LogP contribution in [0.3, 0.4) is 0 Å². The molecule has 0 saturated carbocycles. The van der Waals surface area contributed by atoms with Gasteiger partial charge >= 0.3 is 0 Å². The van der Waals surface area contributed by atoms with Gasteiger partial charge in [0.15, 0.2) is 0 Å². The van der Waals surface area contributed by atoms with Gasteiger partial charge in [-0.2, -0.15) is 0 Å². The van der Waals surface area contributed by atoms with Crippen LogP contribution in [0.4, 0.5) is 10.1 Å². The van der Waals surface area contributed by atoms with Gasteiger partial charge in [-0.15, -0.1) is 0 Å². The SMILES string of the molecule is CCNS(=O)c1ccc(N)c(F)c1. The molecule has 0 aliphatic rings. The van der Waals surface area contributed by atoms with E-state index in [4.69, 9.17) is 5.73 Å². The molecule has 1 aromatic rings. The van der Waals surface area contributed by atoms with E-state index in [0.29, 0.717) is 11.4 Å². The van der Waals surface area contributed by atoms with Crippen LogP contribution >= 0.6 is 0 Å². The summed E-state index contributed by atoms with van der Waals surface area (Å²) in [6, 6.07) is 4.12. The van der Waals surface area contributed by atoms with Gasteiger partial charge in [0, 0.05) is 6.54 Å². The van der Waals surface area contributed by atoms with Crippen molar-refractivity contribution in [3.63, 3.8) is 0 Å². The average molecular weight is 202 g/mol. The minimum Gasteiger partial charge on any atom is -0.396 e. The van der Waals surface area contributed by atoms with E-state index in [9.17, 15) is 8.60 Å². The standard InChI is InChI=1S/C8H11FN2OS/c1-2-11-13(12)6-3-4-8(10)7(9)5-6/h3-5,11H,2,10H2,1H3. The molecule has 0 aliphatic heterocycles. The predicted molar refractivity (Wildman–Crippen MR) is 50.9 cm³/mol. The maximum atomic E-state index is 12.9. The molecular formula is C8H11FN2OS. The van der Waals surface area contributed by atoms with Crippen molar-refractivity contribution >= 4 is 16.7 Å². The van der Waals surface area contributed by atoms with E-state index in [0.717, 1.165) is 0 Å². The highest BCUT2D eigenvalue weighted by atomic mass is 32.2. The second-order valence-corrected chi connectivity index (χ2v) is 3.75. The largest absolute Gasteiger partial charge is 0.396 e. The quantitative estimate of drug-likeness (QED) is 0.719. The molecule has 0 bridgehead atoms. The van der Waals surface area contributed by atoms with E-state index in [1.807, 2.05) is 6.92 Å². The van der Waals surface area contributed by atoms with E-state index >= 15 is 0 Å². The normalized spacial score (nSPS) is 12.8. The Hall–Kier alpha value is -0.940. The summed E-state index contributed by atoms with van der Waals surface area (Å²) in [6.45, 7) is 2.39. The predicted octanol–water partition coefficient (Wildman–Crippen LogP) is 1.04. The Balaban J connectivity index is 2.90. The first kappa shape index (κ1) is 10.1. The maximum absolute atomic E-state index is 12.9. The van der Waals surface area contributed by atoms with Gasteiger partial charge in [-0.1, -0.05) is 6.92 Å². The van der Waals surface area contributed by atoms with E-state index in [1.54, 1.807) is 0 Å². The lowest BCUT2D eigenvalue weighted by Crippen LogP contribution is -2.16. The van der Waals surface area contributed by atoms with Crippen molar-refractivity contribution in [3.8, 4) is 0 Å². The third-order valence-electron chi connectivity index (χ3n) is 1.46. The van der Waals surface area contributed by atoms with Crippen molar-refractivity contribution in [2.75, 3.05) is 12.3 Å². The number of halogens is 1. The number of nitrogen functional groups attached to an aromatic ring is 1. The molecule has 3 N–H and O–H groups in total. The summed E-state index contributed by atoms with van der Waals surface area (Å²) >= 11 is 0. The molecule has 0 aliphatic carbocycles. The Morgan fingerprint density at radius 2 is 2.31 bits per heavy atom. The van der Waals surface area contributed by atoms with Crippen LogP contribution in [0.2, 0.25) is 0 Å². The first-order valence-corrected chi connectivity index (χ1v) is 5.00. The number of nitrogens with two attached hydrogens (primary N) is 1. The summed E-state index contributed by atoms with van der Waals surface area (Å²) < 4.78 is 26.9. The molecule has 0 radical (unpaired) electrons. The Kier molecular flexibility index (Phi) is 3.39. The fourth-order valence-corrected chi connectivity index (χ4v) is 1.67. The number of benzene rings is 1. The Morgan fingerprint density at radius 1 is 1.62 bits per heavy atom. The molecule has 0 amide bonds. The van der Waals surface area contributed by atoms with E-state index in [-0.39, 0.29) is 5.69 Å². The van der Waals surface area contributed by atoms with Crippen molar-refractivity contribution in [1.29, 1.82) is 0 Å². The maximum Gasteiger partial charge on any atom is 0.147 e. The lowest BCUT2D eigenvalue weighted by Gasteiger charge is -2.02. The molecule has 0 spiro atoms. The van der Waals surface area contributed by atoms with Gasteiger partial charge in [0.1, 0.15) is 16.8 Å². The molecule has 0 aromatic heterocycles. The number of hydrogen-bond acceptors (Lipinski definition) is 2. The molecule has 0 saturated heterocycles. The molecule has 1 aromatic carbocycles. The van der Waals surface area contributed by atoms with E-state index in [1.165, 1.54) is 18.2 Å². The van der Waals surface area contributed by atoms with E-state index in [2.05, 4.69) is 4.72 Å².